The smallest absolute Gasteiger partial charge is 0.187 e. The van der Waals surface area contributed by atoms with Gasteiger partial charge in [0.05, 0.1) is 13.3 Å². The highest BCUT2D eigenvalue weighted by atomic mass is 32.1. The zero-order chi connectivity index (χ0) is 18.1. The van der Waals surface area contributed by atoms with E-state index < -0.39 is 0 Å². The minimum absolute atomic E-state index is 0.261. The van der Waals surface area contributed by atoms with Crippen LogP contribution in [0.25, 0.3) is 0 Å². The molecule has 132 valence electrons. The van der Waals surface area contributed by atoms with Crippen molar-refractivity contribution in [2.75, 3.05) is 7.11 Å². The number of benzene rings is 2. The van der Waals surface area contributed by atoms with Gasteiger partial charge in [0.2, 0.25) is 0 Å². The quantitative estimate of drug-likeness (QED) is 0.451. The summed E-state index contributed by atoms with van der Waals surface area (Å²) in [7, 11) is 1.62. The van der Waals surface area contributed by atoms with Crippen molar-refractivity contribution in [3.05, 3.63) is 59.7 Å². The third kappa shape index (κ3) is 6.43. The van der Waals surface area contributed by atoms with Crippen molar-refractivity contribution in [2.45, 2.75) is 26.5 Å². The van der Waals surface area contributed by atoms with E-state index in [1.165, 1.54) is 0 Å². The maximum Gasteiger partial charge on any atom is 0.187 e. The molecule has 0 heterocycles. The largest absolute Gasteiger partial charge is 0.493 e. The molecule has 0 radical (unpaired) electrons. The Balaban J connectivity index is 1.97. The highest BCUT2D eigenvalue weighted by molar-refractivity contribution is 7.80. The van der Waals surface area contributed by atoms with E-state index in [2.05, 4.69) is 15.8 Å². The average molecular weight is 357 g/mol. The second-order valence-electron chi connectivity index (χ2n) is 5.68. The second-order valence-corrected chi connectivity index (χ2v) is 6.09. The summed E-state index contributed by atoms with van der Waals surface area (Å²) in [5, 5.41) is 7.66. The van der Waals surface area contributed by atoms with E-state index in [4.69, 9.17) is 21.7 Å². The summed E-state index contributed by atoms with van der Waals surface area (Å²) >= 11 is 5.12. The number of methoxy groups -OCH3 is 1. The Bertz CT molecular complexity index is 718. The van der Waals surface area contributed by atoms with Crippen LogP contribution >= 0.6 is 12.2 Å². The Hall–Kier alpha value is -2.60. The van der Waals surface area contributed by atoms with Gasteiger partial charge in [0, 0.05) is 6.04 Å². The molecule has 0 fully saturated rings. The van der Waals surface area contributed by atoms with Crippen molar-refractivity contribution in [1.82, 2.24) is 10.7 Å². The third-order valence-electron chi connectivity index (χ3n) is 3.22. The highest BCUT2D eigenvalue weighted by Gasteiger charge is 2.05. The van der Waals surface area contributed by atoms with Crippen LogP contribution in [0.15, 0.2) is 53.6 Å². The number of thiocarbonyl (C=S) groups is 1. The van der Waals surface area contributed by atoms with Gasteiger partial charge < -0.3 is 14.8 Å². The van der Waals surface area contributed by atoms with Crippen molar-refractivity contribution in [2.24, 2.45) is 5.10 Å². The molecule has 2 N–H and O–H groups in total. The fraction of sp³-hybridized carbons (Fsp3) is 0.263. The van der Waals surface area contributed by atoms with Gasteiger partial charge in [-0.2, -0.15) is 5.10 Å². The Morgan fingerprint density at radius 1 is 1.16 bits per heavy atom. The van der Waals surface area contributed by atoms with Crippen molar-refractivity contribution < 1.29 is 9.47 Å². The predicted molar refractivity (Wildman–Crippen MR) is 105 cm³/mol. The lowest BCUT2D eigenvalue weighted by atomic mass is 10.2. The van der Waals surface area contributed by atoms with Crippen LogP contribution in [0, 0.1) is 0 Å². The van der Waals surface area contributed by atoms with Crippen LogP contribution in [0.2, 0.25) is 0 Å². The molecular weight excluding hydrogens is 334 g/mol. The summed E-state index contributed by atoms with van der Waals surface area (Å²) in [5.74, 6) is 1.34. The van der Waals surface area contributed by atoms with E-state index in [1.807, 2.05) is 62.4 Å². The zero-order valence-electron chi connectivity index (χ0n) is 14.7. The summed E-state index contributed by atoms with van der Waals surface area (Å²) in [6, 6.07) is 15.9. The van der Waals surface area contributed by atoms with Crippen molar-refractivity contribution in [3.63, 3.8) is 0 Å². The number of hydrogen-bond donors (Lipinski definition) is 2. The molecule has 6 heteroatoms. The van der Waals surface area contributed by atoms with Gasteiger partial charge in [-0.05, 0) is 55.4 Å². The molecule has 25 heavy (non-hydrogen) atoms. The molecule has 0 aliphatic heterocycles. The zero-order valence-corrected chi connectivity index (χ0v) is 15.5. The summed E-state index contributed by atoms with van der Waals surface area (Å²) in [5.41, 5.74) is 4.76. The molecule has 2 rings (SSSR count). The Labute approximate surface area is 154 Å². The number of hydrazone groups is 1. The molecule has 0 atom stereocenters. The second kappa shape index (κ2) is 9.64. The molecule has 0 bridgehead atoms. The first-order valence-electron chi connectivity index (χ1n) is 8.03. The molecule has 0 aliphatic rings. The van der Waals surface area contributed by atoms with Crippen LogP contribution in [0.3, 0.4) is 0 Å². The first-order valence-corrected chi connectivity index (χ1v) is 8.43. The predicted octanol–water partition coefficient (Wildman–Crippen LogP) is 3.48. The Kier molecular flexibility index (Phi) is 7.22. The molecule has 0 unspecified atom stereocenters. The number of rotatable bonds is 7. The van der Waals surface area contributed by atoms with Crippen LogP contribution in [-0.4, -0.2) is 24.5 Å². The number of nitrogens with zero attached hydrogens (tertiary/aromatic N) is 1. The fourth-order valence-corrected chi connectivity index (χ4v) is 2.37. The van der Waals surface area contributed by atoms with Crippen LogP contribution < -0.4 is 20.2 Å². The van der Waals surface area contributed by atoms with Gasteiger partial charge in [-0.3, -0.25) is 5.43 Å². The van der Waals surface area contributed by atoms with E-state index in [9.17, 15) is 0 Å². The van der Waals surface area contributed by atoms with Crippen molar-refractivity contribution in [3.8, 4) is 11.5 Å². The first-order chi connectivity index (χ1) is 12.1. The summed E-state index contributed by atoms with van der Waals surface area (Å²) in [6.07, 6.45) is 1.68. The normalized spacial score (nSPS) is 10.7. The molecule has 2 aromatic carbocycles. The van der Waals surface area contributed by atoms with E-state index in [1.54, 1.807) is 13.3 Å². The molecule has 0 aromatic heterocycles. The third-order valence-corrected chi connectivity index (χ3v) is 3.43. The topological polar surface area (TPSA) is 54.9 Å². The summed E-state index contributed by atoms with van der Waals surface area (Å²) in [4.78, 5) is 0. The number of nitrogens with one attached hydrogen (secondary N) is 2. The lowest BCUT2D eigenvalue weighted by Crippen LogP contribution is -2.36. The standard InChI is InChI=1S/C19H23N3O2S/c1-14(2)21-19(25)22-20-12-16-9-10-17(18(11-16)23-3)24-13-15-7-5-4-6-8-15/h4-12,14H,13H2,1-3H3,(H2,21,22,25)/b20-12-. The minimum Gasteiger partial charge on any atom is -0.493 e. The molecule has 5 nitrogen and oxygen atoms in total. The summed E-state index contributed by atoms with van der Waals surface area (Å²) < 4.78 is 11.2. The van der Waals surface area contributed by atoms with E-state index in [0.717, 1.165) is 11.1 Å². The van der Waals surface area contributed by atoms with Gasteiger partial charge in [0.25, 0.3) is 0 Å². The van der Waals surface area contributed by atoms with Gasteiger partial charge in [-0.15, -0.1) is 0 Å². The molecule has 0 amide bonds. The minimum atomic E-state index is 0.261. The van der Waals surface area contributed by atoms with E-state index in [-0.39, 0.29) is 6.04 Å². The Morgan fingerprint density at radius 2 is 1.92 bits per heavy atom. The van der Waals surface area contributed by atoms with Crippen LogP contribution in [0.1, 0.15) is 25.0 Å². The van der Waals surface area contributed by atoms with Crippen molar-refractivity contribution >= 4 is 23.5 Å². The molecule has 0 spiro atoms. The van der Waals surface area contributed by atoms with E-state index in [0.29, 0.717) is 23.2 Å². The van der Waals surface area contributed by atoms with E-state index >= 15 is 0 Å². The Morgan fingerprint density at radius 3 is 2.60 bits per heavy atom. The molecule has 0 saturated carbocycles. The van der Waals surface area contributed by atoms with Crippen LogP contribution in [-0.2, 0) is 6.61 Å². The molecule has 0 saturated heterocycles. The lowest BCUT2D eigenvalue weighted by molar-refractivity contribution is 0.284. The monoisotopic (exact) mass is 357 g/mol. The molecule has 2 aromatic rings. The average Bonchev–Trinajstić information content (AvgIpc) is 2.60. The lowest BCUT2D eigenvalue weighted by Gasteiger charge is -2.11. The molecule has 0 aliphatic carbocycles. The fourth-order valence-electron chi connectivity index (χ4n) is 2.08. The number of hydrogen-bond acceptors (Lipinski definition) is 4. The summed E-state index contributed by atoms with van der Waals surface area (Å²) in [6.45, 7) is 4.51. The van der Waals surface area contributed by atoms with Gasteiger partial charge in [0.1, 0.15) is 6.61 Å². The number of ether oxygens (including phenoxy) is 2. The first kappa shape index (κ1) is 18.7. The SMILES string of the molecule is COc1cc(/C=N\NC(=S)NC(C)C)ccc1OCc1ccccc1. The van der Waals surface area contributed by atoms with Gasteiger partial charge in [0.15, 0.2) is 16.6 Å². The van der Waals surface area contributed by atoms with Crippen LogP contribution in [0.4, 0.5) is 0 Å². The molecular formula is C19H23N3O2S. The maximum absolute atomic E-state index is 5.84. The van der Waals surface area contributed by atoms with Gasteiger partial charge >= 0.3 is 0 Å². The van der Waals surface area contributed by atoms with Gasteiger partial charge in [-0.25, -0.2) is 0 Å². The van der Waals surface area contributed by atoms with Gasteiger partial charge in [-0.1, -0.05) is 30.3 Å². The maximum atomic E-state index is 5.84. The van der Waals surface area contributed by atoms with Crippen LogP contribution in [0.5, 0.6) is 11.5 Å². The highest BCUT2D eigenvalue weighted by Crippen LogP contribution is 2.28. The van der Waals surface area contributed by atoms with Crippen molar-refractivity contribution in [1.29, 1.82) is 0 Å².